The fourth-order valence-electron chi connectivity index (χ4n) is 2.27. The van der Waals surface area contributed by atoms with E-state index in [2.05, 4.69) is 12.2 Å². The molecule has 15 heavy (non-hydrogen) atoms. The second kappa shape index (κ2) is 6.83. The summed E-state index contributed by atoms with van der Waals surface area (Å²) in [4.78, 5) is 10.4. The minimum atomic E-state index is -0.695. The van der Waals surface area contributed by atoms with Gasteiger partial charge in [0, 0.05) is 12.5 Å². The van der Waals surface area contributed by atoms with Gasteiger partial charge in [-0.15, -0.1) is 0 Å². The zero-order chi connectivity index (χ0) is 11.1. The Morgan fingerprint density at radius 2 is 2.13 bits per heavy atom. The third-order valence-corrected chi connectivity index (χ3v) is 3.31. The van der Waals surface area contributed by atoms with Crippen LogP contribution in [-0.2, 0) is 4.79 Å². The first-order valence-electron chi connectivity index (χ1n) is 6.13. The quantitative estimate of drug-likeness (QED) is 0.682. The minimum absolute atomic E-state index is 0.275. The van der Waals surface area contributed by atoms with Gasteiger partial charge in [-0.3, -0.25) is 4.79 Å². The summed E-state index contributed by atoms with van der Waals surface area (Å²) in [5.74, 6) is 0.226. The van der Waals surface area contributed by atoms with Crippen molar-refractivity contribution in [1.82, 2.24) is 5.32 Å². The number of carboxylic acid groups (broad SMARTS) is 1. The highest BCUT2D eigenvalue weighted by Crippen LogP contribution is 2.26. The first kappa shape index (κ1) is 12.5. The van der Waals surface area contributed by atoms with Crippen LogP contribution in [0.1, 0.15) is 51.9 Å². The number of nitrogens with one attached hydrogen (secondary N) is 1. The Morgan fingerprint density at radius 1 is 1.47 bits per heavy atom. The van der Waals surface area contributed by atoms with Crippen LogP contribution in [0.15, 0.2) is 0 Å². The van der Waals surface area contributed by atoms with Crippen LogP contribution < -0.4 is 5.32 Å². The van der Waals surface area contributed by atoms with E-state index in [0.29, 0.717) is 6.04 Å². The van der Waals surface area contributed by atoms with Crippen LogP contribution in [0.3, 0.4) is 0 Å². The minimum Gasteiger partial charge on any atom is -0.481 e. The molecule has 0 saturated heterocycles. The average Bonchev–Trinajstić information content (AvgIpc) is 2.67. The molecule has 0 aromatic carbocycles. The smallest absolute Gasteiger partial charge is 0.303 e. The summed E-state index contributed by atoms with van der Waals surface area (Å²) >= 11 is 0. The van der Waals surface area contributed by atoms with Gasteiger partial charge in [0.15, 0.2) is 0 Å². The van der Waals surface area contributed by atoms with E-state index in [1.807, 2.05) is 0 Å². The maximum Gasteiger partial charge on any atom is 0.303 e. The van der Waals surface area contributed by atoms with Crippen molar-refractivity contribution in [3.8, 4) is 0 Å². The largest absolute Gasteiger partial charge is 0.481 e. The first-order chi connectivity index (χ1) is 7.18. The number of hydrogen-bond donors (Lipinski definition) is 2. The molecule has 1 unspecified atom stereocenters. The van der Waals surface area contributed by atoms with Gasteiger partial charge in [0.05, 0.1) is 0 Å². The number of aliphatic carboxylic acids is 1. The van der Waals surface area contributed by atoms with Crippen LogP contribution >= 0.6 is 0 Å². The molecule has 3 heteroatoms. The summed E-state index contributed by atoms with van der Waals surface area (Å²) in [6.45, 7) is 3.11. The Hall–Kier alpha value is -0.570. The monoisotopic (exact) mass is 213 g/mol. The molecule has 0 heterocycles. The van der Waals surface area contributed by atoms with E-state index >= 15 is 0 Å². The van der Waals surface area contributed by atoms with Gasteiger partial charge < -0.3 is 10.4 Å². The van der Waals surface area contributed by atoms with E-state index in [4.69, 9.17) is 5.11 Å². The summed E-state index contributed by atoms with van der Waals surface area (Å²) in [6.07, 6.45) is 7.86. The molecule has 3 nitrogen and oxygen atoms in total. The van der Waals surface area contributed by atoms with Crippen LogP contribution in [0.25, 0.3) is 0 Å². The fraction of sp³-hybridized carbons (Fsp3) is 0.917. The van der Waals surface area contributed by atoms with Crippen molar-refractivity contribution in [2.45, 2.75) is 57.9 Å². The van der Waals surface area contributed by atoms with Crippen LogP contribution in [0.4, 0.5) is 0 Å². The molecule has 1 aliphatic carbocycles. The van der Waals surface area contributed by atoms with Gasteiger partial charge in [-0.05, 0) is 32.2 Å². The molecule has 0 aromatic heterocycles. The van der Waals surface area contributed by atoms with Crippen molar-refractivity contribution in [3.05, 3.63) is 0 Å². The molecule has 0 amide bonds. The fourth-order valence-corrected chi connectivity index (χ4v) is 2.27. The van der Waals surface area contributed by atoms with E-state index < -0.39 is 5.97 Å². The molecule has 0 bridgehead atoms. The van der Waals surface area contributed by atoms with Gasteiger partial charge in [-0.1, -0.05) is 25.7 Å². The third-order valence-electron chi connectivity index (χ3n) is 3.31. The molecule has 1 aliphatic rings. The topological polar surface area (TPSA) is 49.3 Å². The van der Waals surface area contributed by atoms with Crippen molar-refractivity contribution in [1.29, 1.82) is 0 Å². The van der Waals surface area contributed by atoms with Crippen molar-refractivity contribution < 1.29 is 9.90 Å². The Morgan fingerprint density at radius 3 is 2.73 bits per heavy atom. The van der Waals surface area contributed by atoms with Gasteiger partial charge in [0.2, 0.25) is 0 Å². The Kier molecular flexibility index (Phi) is 5.69. The standard InChI is InChI=1S/C12H23NO2/c1-10(6-7-12(14)15)13-9-8-11-4-2-3-5-11/h10-11,13H,2-9H2,1H3,(H,14,15). The third kappa shape index (κ3) is 5.78. The second-order valence-electron chi connectivity index (χ2n) is 4.73. The van der Waals surface area contributed by atoms with E-state index in [9.17, 15) is 4.79 Å². The molecule has 0 aromatic rings. The number of carboxylic acids is 1. The van der Waals surface area contributed by atoms with Crippen LogP contribution in [0, 0.1) is 5.92 Å². The van der Waals surface area contributed by atoms with E-state index in [1.165, 1.54) is 32.1 Å². The normalized spacial score (nSPS) is 19.3. The predicted octanol–water partition coefficient (Wildman–Crippen LogP) is 2.41. The highest BCUT2D eigenvalue weighted by Gasteiger charge is 2.14. The zero-order valence-corrected chi connectivity index (χ0v) is 9.67. The van der Waals surface area contributed by atoms with Crippen molar-refractivity contribution in [2.24, 2.45) is 5.92 Å². The summed E-state index contributed by atoms with van der Waals surface area (Å²) in [7, 11) is 0. The van der Waals surface area contributed by atoms with E-state index in [1.54, 1.807) is 0 Å². The van der Waals surface area contributed by atoms with Gasteiger partial charge in [-0.2, -0.15) is 0 Å². The Balaban J connectivity index is 1.96. The average molecular weight is 213 g/mol. The number of carbonyl (C=O) groups is 1. The molecule has 0 spiro atoms. The number of rotatable bonds is 7. The molecular formula is C12H23NO2. The first-order valence-corrected chi connectivity index (χ1v) is 6.13. The number of hydrogen-bond acceptors (Lipinski definition) is 2. The lowest BCUT2D eigenvalue weighted by molar-refractivity contribution is -0.137. The maximum absolute atomic E-state index is 10.4. The summed E-state index contributed by atoms with van der Waals surface area (Å²) in [5.41, 5.74) is 0. The van der Waals surface area contributed by atoms with Crippen LogP contribution in [0.5, 0.6) is 0 Å². The maximum atomic E-state index is 10.4. The van der Waals surface area contributed by atoms with Crippen LogP contribution in [-0.4, -0.2) is 23.7 Å². The molecule has 0 aliphatic heterocycles. The van der Waals surface area contributed by atoms with Crippen LogP contribution in [0.2, 0.25) is 0 Å². The summed E-state index contributed by atoms with van der Waals surface area (Å²) < 4.78 is 0. The molecule has 1 rings (SSSR count). The highest BCUT2D eigenvalue weighted by molar-refractivity contribution is 5.66. The lowest BCUT2D eigenvalue weighted by atomic mass is 10.0. The Bertz CT molecular complexity index is 188. The van der Waals surface area contributed by atoms with Gasteiger partial charge in [0.25, 0.3) is 0 Å². The molecular weight excluding hydrogens is 190 g/mol. The van der Waals surface area contributed by atoms with Crippen molar-refractivity contribution in [2.75, 3.05) is 6.54 Å². The van der Waals surface area contributed by atoms with Crippen molar-refractivity contribution in [3.63, 3.8) is 0 Å². The summed E-state index contributed by atoms with van der Waals surface area (Å²) in [5, 5.41) is 11.9. The zero-order valence-electron chi connectivity index (χ0n) is 9.67. The van der Waals surface area contributed by atoms with E-state index in [0.717, 1.165) is 18.9 Å². The molecule has 1 fully saturated rings. The van der Waals surface area contributed by atoms with Gasteiger partial charge >= 0.3 is 5.97 Å². The lowest BCUT2D eigenvalue weighted by Crippen LogP contribution is -2.28. The molecule has 1 atom stereocenters. The predicted molar refractivity (Wildman–Crippen MR) is 60.9 cm³/mol. The SMILES string of the molecule is CC(CCC(=O)O)NCCC1CCCC1. The van der Waals surface area contributed by atoms with Gasteiger partial charge in [0.1, 0.15) is 0 Å². The van der Waals surface area contributed by atoms with E-state index in [-0.39, 0.29) is 6.42 Å². The Labute approximate surface area is 92.3 Å². The lowest BCUT2D eigenvalue weighted by Gasteiger charge is -2.14. The molecule has 2 N–H and O–H groups in total. The molecule has 0 radical (unpaired) electrons. The molecule has 1 saturated carbocycles. The van der Waals surface area contributed by atoms with Crippen molar-refractivity contribution >= 4 is 5.97 Å². The van der Waals surface area contributed by atoms with Gasteiger partial charge in [-0.25, -0.2) is 0 Å². The highest BCUT2D eigenvalue weighted by atomic mass is 16.4. The molecule has 88 valence electrons. The summed E-state index contributed by atoms with van der Waals surface area (Å²) in [6, 6.07) is 0.336. The second-order valence-corrected chi connectivity index (χ2v) is 4.73.